The van der Waals surface area contributed by atoms with Crippen LogP contribution in [0.2, 0.25) is 0 Å². The predicted molar refractivity (Wildman–Crippen MR) is 54.4 cm³/mol. The average molecular weight is 195 g/mol. The van der Waals surface area contributed by atoms with Crippen LogP contribution in [0.4, 0.5) is 0 Å². The van der Waals surface area contributed by atoms with Gasteiger partial charge in [-0.25, -0.2) is 0 Å². The highest BCUT2D eigenvalue weighted by Gasteiger charge is 2.49. The molecular formula is C10H17N3O. The fourth-order valence-corrected chi connectivity index (χ4v) is 1.99. The molecule has 2 aliphatic rings. The zero-order valence-corrected chi connectivity index (χ0v) is 8.31. The van der Waals surface area contributed by atoms with Crippen LogP contribution in [-0.4, -0.2) is 25.2 Å². The topological polar surface area (TPSA) is 53.2 Å². The molecule has 0 aromatic rings. The zero-order chi connectivity index (χ0) is 10.0. The Hall–Kier alpha value is -1.03. The second kappa shape index (κ2) is 3.61. The van der Waals surface area contributed by atoms with Gasteiger partial charge in [0.25, 0.3) is 0 Å². The molecule has 78 valence electrons. The Kier molecular flexibility index (Phi) is 2.46. The van der Waals surface area contributed by atoms with Gasteiger partial charge in [-0.2, -0.15) is 0 Å². The Morgan fingerprint density at radius 1 is 1.64 bits per heavy atom. The van der Waals surface area contributed by atoms with Crippen LogP contribution in [0, 0.1) is 5.41 Å². The normalized spacial score (nSPS) is 27.3. The fourth-order valence-electron chi connectivity index (χ4n) is 1.99. The van der Waals surface area contributed by atoms with E-state index in [0.717, 1.165) is 13.0 Å². The maximum absolute atomic E-state index is 11.6. The van der Waals surface area contributed by atoms with Crippen molar-refractivity contribution in [3.63, 3.8) is 0 Å². The lowest BCUT2D eigenvalue weighted by atomic mass is 10.0. The van der Waals surface area contributed by atoms with E-state index in [4.69, 9.17) is 0 Å². The number of carbonyl (C=O) groups excluding carboxylic acids is 1. The van der Waals surface area contributed by atoms with Crippen molar-refractivity contribution >= 4 is 5.91 Å². The van der Waals surface area contributed by atoms with E-state index in [1.165, 1.54) is 12.8 Å². The molecule has 1 saturated heterocycles. The van der Waals surface area contributed by atoms with Gasteiger partial charge in [0.1, 0.15) is 0 Å². The number of rotatable bonds is 4. The first-order chi connectivity index (χ1) is 6.76. The van der Waals surface area contributed by atoms with Crippen molar-refractivity contribution in [1.82, 2.24) is 16.0 Å². The number of hydrogen-bond donors (Lipinski definition) is 3. The van der Waals surface area contributed by atoms with Gasteiger partial charge in [0.2, 0.25) is 5.91 Å². The van der Waals surface area contributed by atoms with Gasteiger partial charge in [-0.15, -0.1) is 0 Å². The van der Waals surface area contributed by atoms with E-state index in [1.807, 2.05) is 0 Å². The van der Waals surface area contributed by atoms with Crippen molar-refractivity contribution in [1.29, 1.82) is 0 Å². The Morgan fingerprint density at radius 2 is 2.43 bits per heavy atom. The molecule has 4 nitrogen and oxygen atoms in total. The van der Waals surface area contributed by atoms with Crippen molar-refractivity contribution < 1.29 is 4.79 Å². The van der Waals surface area contributed by atoms with Gasteiger partial charge < -0.3 is 16.0 Å². The molecule has 0 radical (unpaired) electrons. The maximum atomic E-state index is 11.6. The number of carbonyl (C=O) groups is 1. The van der Waals surface area contributed by atoms with E-state index in [-0.39, 0.29) is 11.9 Å². The van der Waals surface area contributed by atoms with Crippen molar-refractivity contribution in [3.05, 3.63) is 12.8 Å². The van der Waals surface area contributed by atoms with E-state index >= 15 is 0 Å². The molecule has 1 aliphatic carbocycles. The van der Waals surface area contributed by atoms with Crippen LogP contribution < -0.4 is 16.0 Å². The first kappa shape index (κ1) is 9.52. The highest BCUT2D eigenvalue weighted by atomic mass is 16.2. The molecule has 1 heterocycles. The van der Waals surface area contributed by atoms with E-state index in [1.54, 1.807) is 6.20 Å². The summed E-state index contributed by atoms with van der Waals surface area (Å²) >= 11 is 0. The van der Waals surface area contributed by atoms with Gasteiger partial charge >= 0.3 is 0 Å². The SMILES string of the molecule is C=CNCNC(=O)[C@@H]1CC2(CC2)CN1. The molecule has 1 atom stereocenters. The van der Waals surface area contributed by atoms with Gasteiger partial charge in [0.15, 0.2) is 0 Å². The standard InChI is InChI=1S/C10H17N3O/c1-2-11-7-13-9(14)8-5-10(3-4-10)6-12-8/h2,8,11-12H,1,3-7H2,(H,13,14)/t8-/m0/s1. The maximum Gasteiger partial charge on any atom is 0.238 e. The molecular weight excluding hydrogens is 178 g/mol. The van der Waals surface area contributed by atoms with Gasteiger partial charge in [0, 0.05) is 6.54 Å². The molecule has 1 amide bonds. The number of hydrogen-bond acceptors (Lipinski definition) is 3. The lowest BCUT2D eigenvalue weighted by Gasteiger charge is -2.10. The quantitative estimate of drug-likeness (QED) is 0.435. The summed E-state index contributed by atoms with van der Waals surface area (Å²) in [7, 11) is 0. The van der Waals surface area contributed by atoms with Crippen LogP contribution in [-0.2, 0) is 4.79 Å². The van der Waals surface area contributed by atoms with Crippen LogP contribution in [0.3, 0.4) is 0 Å². The molecule has 1 aliphatic heterocycles. The largest absolute Gasteiger partial charge is 0.374 e. The monoisotopic (exact) mass is 195 g/mol. The molecule has 4 heteroatoms. The van der Waals surface area contributed by atoms with Crippen LogP contribution in [0.5, 0.6) is 0 Å². The number of nitrogens with one attached hydrogen (secondary N) is 3. The molecule has 14 heavy (non-hydrogen) atoms. The van der Waals surface area contributed by atoms with Crippen LogP contribution in [0.1, 0.15) is 19.3 Å². The third kappa shape index (κ3) is 1.90. The first-order valence-corrected chi connectivity index (χ1v) is 5.11. The van der Waals surface area contributed by atoms with Crippen LogP contribution >= 0.6 is 0 Å². The summed E-state index contributed by atoms with van der Waals surface area (Å²) in [6.45, 7) is 4.99. The summed E-state index contributed by atoms with van der Waals surface area (Å²) in [6, 6.07) is 0.0177. The second-order valence-corrected chi connectivity index (χ2v) is 4.26. The number of amides is 1. The summed E-state index contributed by atoms with van der Waals surface area (Å²) < 4.78 is 0. The van der Waals surface area contributed by atoms with E-state index in [0.29, 0.717) is 12.1 Å². The summed E-state index contributed by atoms with van der Waals surface area (Å²) in [5, 5.41) is 8.92. The van der Waals surface area contributed by atoms with Crippen molar-refractivity contribution in [2.75, 3.05) is 13.2 Å². The summed E-state index contributed by atoms with van der Waals surface area (Å²) in [5.74, 6) is 0.100. The van der Waals surface area contributed by atoms with Crippen molar-refractivity contribution in [2.24, 2.45) is 5.41 Å². The molecule has 0 aromatic heterocycles. The Labute approximate surface area is 84.1 Å². The average Bonchev–Trinajstić information content (AvgIpc) is 2.77. The summed E-state index contributed by atoms with van der Waals surface area (Å²) in [5.41, 5.74) is 0.480. The highest BCUT2D eigenvalue weighted by molar-refractivity contribution is 5.82. The molecule has 1 saturated carbocycles. The molecule has 1 spiro atoms. The first-order valence-electron chi connectivity index (χ1n) is 5.11. The lowest BCUT2D eigenvalue weighted by Crippen LogP contribution is -2.43. The Bertz CT molecular complexity index is 248. The van der Waals surface area contributed by atoms with Gasteiger partial charge in [-0.05, 0) is 30.9 Å². The lowest BCUT2D eigenvalue weighted by molar-refractivity contribution is -0.122. The third-order valence-corrected chi connectivity index (χ3v) is 3.14. The molecule has 3 N–H and O–H groups in total. The summed E-state index contributed by atoms with van der Waals surface area (Å²) in [4.78, 5) is 11.6. The smallest absolute Gasteiger partial charge is 0.238 e. The van der Waals surface area contributed by atoms with Gasteiger partial charge in [0.05, 0.1) is 12.7 Å². The van der Waals surface area contributed by atoms with E-state index in [2.05, 4.69) is 22.5 Å². The molecule has 0 unspecified atom stereocenters. The second-order valence-electron chi connectivity index (χ2n) is 4.26. The Morgan fingerprint density at radius 3 is 3.00 bits per heavy atom. The van der Waals surface area contributed by atoms with Gasteiger partial charge in [-0.3, -0.25) is 4.79 Å². The summed E-state index contributed by atoms with van der Waals surface area (Å²) in [6.07, 6.45) is 5.15. The minimum absolute atomic E-state index is 0.0177. The van der Waals surface area contributed by atoms with Crippen molar-refractivity contribution in [2.45, 2.75) is 25.3 Å². The van der Waals surface area contributed by atoms with E-state index in [9.17, 15) is 4.79 Å². The van der Waals surface area contributed by atoms with Crippen LogP contribution in [0.25, 0.3) is 0 Å². The minimum Gasteiger partial charge on any atom is -0.374 e. The molecule has 2 fully saturated rings. The predicted octanol–water partition coefficient (Wildman–Crippen LogP) is -0.0647. The molecule has 2 rings (SSSR count). The molecule has 0 bridgehead atoms. The molecule has 0 aromatic carbocycles. The zero-order valence-electron chi connectivity index (χ0n) is 8.31. The Balaban J connectivity index is 1.73. The minimum atomic E-state index is 0.0177. The van der Waals surface area contributed by atoms with Crippen molar-refractivity contribution in [3.8, 4) is 0 Å². The van der Waals surface area contributed by atoms with E-state index < -0.39 is 0 Å². The van der Waals surface area contributed by atoms with Gasteiger partial charge in [-0.1, -0.05) is 6.58 Å². The highest BCUT2D eigenvalue weighted by Crippen LogP contribution is 2.51. The fraction of sp³-hybridized carbons (Fsp3) is 0.700. The van der Waals surface area contributed by atoms with Crippen LogP contribution in [0.15, 0.2) is 12.8 Å². The third-order valence-electron chi connectivity index (χ3n) is 3.14.